The first-order valence-corrected chi connectivity index (χ1v) is 5.74. The molecule has 0 atom stereocenters. The van der Waals surface area contributed by atoms with Crippen LogP contribution in [0.4, 0.5) is 18.9 Å². The van der Waals surface area contributed by atoms with E-state index in [9.17, 15) is 18.0 Å². The van der Waals surface area contributed by atoms with Crippen LogP contribution in [0.5, 0.6) is 0 Å². The monoisotopic (exact) mass is 280 g/mol. The lowest BCUT2D eigenvalue weighted by Crippen LogP contribution is -2.12. The maximum atomic E-state index is 13.5. The zero-order valence-corrected chi connectivity index (χ0v) is 10.3. The van der Waals surface area contributed by atoms with E-state index >= 15 is 0 Å². The molecule has 1 amide bonds. The second-order valence-corrected chi connectivity index (χ2v) is 4.15. The van der Waals surface area contributed by atoms with Crippen LogP contribution < -0.4 is 11.1 Å². The number of anilines is 1. The molecule has 3 nitrogen and oxygen atoms in total. The van der Waals surface area contributed by atoms with E-state index in [1.807, 2.05) is 0 Å². The number of halogens is 3. The summed E-state index contributed by atoms with van der Waals surface area (Å²) in [6.45, 7) is -0.122. The van der Waals surface area contributed by atoms with E-state index < -0.39 is 23.4 Å². The first kappa shape index (κ1) is 13.9. The van der Waals surface area contributed by atoms with Gasteiger partial charge in [0, 0.05) is 17.7 Å². The summed E-state index contributed by atoms with van der Waals surface area (Å²) >= 11 is 0. The van der Waals surface area contributed by atoms with Crippen molar-refractivity contribution in [3.05, 3.63) is 65.0 Å². The molecule has 0 unspecified atom stereocenters. The summed E-state index contributed by atoms with van der Waals surface area (Å²) in [4.78, 5) is 11.0. The third-order valence-corrected chi connectivity index (χ3v) is 2.73. The average molecular weight is 280 g/mol. The van der Waals surface area contributed by atoms with Gasteiger partial charge in [-0.05, 0) is 36.4 Å². The highest BCUT2D eigenvalue weighted by Crippen LogP contribution is 2.18. The van der Waals surface area contributed by atoms with Gasteiger partial charge in [0.25, 0.3) is 0 Å². The zero-order valence-electron chi connectivity index (χ0n) is 10.3. The summed E-state index contributed by atoms with van der Waals surface area (Å²) in [6, 6.07) is 6.53. The molecule has 2 rings (SSSR count). The summed E-state index contributed by atoms with van der Waals surface area (Å²) in [5.74, 6) is -2.52. The van der Waals surface area contributed by atoms with Crippen molar-refractivity contribution in [3.8, 4) is 0 Å². The van der Waals surface area contributed by atoms with Gasteiger partial charge in [0.2, 0.25) is 5.91 Å². The van der Waals surface area contributed by atoms with Crippen molar-refractivity contribution in [3.63, 3.8) is 0 Å². The second-order valence-electron chi connectivity index (χ2n) is 4.15. The van der Waals surface area contributed by atoms with Crippen LogP contribution in [-0.4, -0.2) is 5.91 Å². The molecular weight excluding hydrogens is 269 g/mol. The minimum absolute atomic E-state index is 0.00930. The van der Waals surface area contributed by atoms with E-state index in [1.165, 1.54) is 12.1 Å². The van der Waals surface area contributed by atoms with Crippen LogP contribution in [0.25, 0.3) is 0 Å². The Labute approximate surface area is 113 Å². The highest BCUT2D eigenvalue weighted by atomic mass is 19.1. The van der Waals surface area contributed by atoms with Crippen LogP contribution >= 0.6 is 0 Å². The molecule has 2 aromatic carbocycles. The molecule has 0 radical (unpaired) electrons. The first-order chi connectivity index (χ1) is 9.47. The molecule has 20 heavy (non-hydrogen) atoms. The molecule has 0 fully saturated rings. The lowest BCUT2D eigenvalue weighted by molar-refractivity contribution is 0.100. The molecule has 0 saturated heterocycles. The van der Waals surface area contributed by atoms with Gasteiger partial charge in [-0.3, -0.25) is 4.79 Å². The van der Waals surface area contributed by atoms with Crippen molar-refractivity contribution >= 4 is 11.6 Å². The quantitative estimate of drug-likeness (QED) is 0.904. The van der Waals surface area contributed by atoms with Gasteiger partial charge in [-0.2, -0.15) is 0 Å². The Morgan fingerprint density at radius 3 is 2.45 bits per heavy atom. The molecule has 0 aromatic heterocycles. The average Bonchev–Trinajstić information content (AvgIpc) is 2.41. The number of hydrogen-bond acceptors (Lipinski definition) is 2. The molecule has 0 aliphatic carbocycles. The van der Waals surface area contributed by atoms with Gasteiger partial charge in [-0.25, -0.2) is 13.2 Å². The highest BCUT2D eigenvalue weighted by Gasteiger charge is 2.09. The molecule has 3 N–H and O–H groups in total. The van der Waals surface area contributed by atoms with Gasteiger partial charge >= 0.3 is 0 Å². The summed E-state index contributed by atoms with van der Waals surface area (Å²) in [7, 11) is 0. The topological polar surface area (TPSA) is 55.1 Å². The number of primary amides is 1. The van der Waals surface area contributed by atoms with E-state index in [-0.39, 0.29) is 23.4 Å². The molecule has 6 heteroatoms. The molecule has 0 spiro atoms. The first-order valence-electron chi connectivity index (χ1n) is 5.74. The van der Waals surface area contributed by atoms with Crippen molar-refractivity contribution in [2.45, 2.75) is 6.54 Å². The summed E-state index contributed by atoms with van der Waals surface area (Å²) in [5, 5.41) is 2.60. The van der Waals surface area contributed by atoms with E-state index in [0.717, 1.165) is 24.3 Å². The molecule has 0 aliphatic heterocycles. The predicted molar refractivity (Wildman–Crippen MR) is 68.6 cm³/mol. The van der Waals surface area contributed by atoms with E-state index in [0.29, 0.717) is 0 Å². The Hall–Kier alpha value is -2.50. The SMILES string of the molecule is NC(=O)c1ccc(F)c(NCc2cc(F)ccc2F)c1. The van der Waals surface area contributed by atoms with Crippen LogP contribution in [0.15, 0.2) is 36.4 Å². The van der Waals surface area contributed by atoms with Gasteiger partial charge in [0.15, 0.2) is 0 Å². The van der Waals surface area contributed by atoms with Gasteiger partial charge in [-0.15, -0.1) is 0 Å². The number of benzene rings is 2. The predicted octanol–water partition coefficient (Wildman–Crippen LogP) is 2.81. The lowest BCUT2D eigenvalue weighted by atomic mass is 10.1. The highest BCUT2D eigenvalue weighted by molar-refractivity contribution is 5.93. The Morgan fingerprint density at radius 1 is 1.05 bits per heavy atom. The molecule has 0 saturated carbocycles. The maximum absolute atomic E-state index is 13.5. The zero-order chi connectivity index (χ0) is 14.7. The molecular formula is C14H11F3N2O. The molecule has 104 valence electrons. The Bertz CT molecular complexity index is 659. The minimum Gasteiger partial charge on any atom is -0.378 e. The van der Waals surface area contributed by atoms with Crippen molar-refractivity contribution in [2.75, 3.05) is 5.32 Å². The van der Waals surface area contributed by atoms with Crippen LogP contribution in [0.2, 0.25) is 0 Å². The van der Waals surface area contributed by atoms with Crippen molar-refractivity contribution < 1.29 is 18.0 Å². The van der Waals surface area contributed by atoms with Crippen molar-refractivity contribution in [2.24, 2.45) is 5.73 Å². The van der Waals surface area contributed by atoms with Gasteiger partial charge in [0.1, 0.15) is 17.5 Å². The van der Waals surface area contributed by atoms with Gasteiger partial charge in [-0.1, -0.05) is 0 Å². The third kappa shape index (κ3) is 3.09. The number of carbonyl (C=O) groups is 1. The van der Waals surface area contributed by atoms with Gasteiger partial charge < -0.3 is 11.1 Å². The van der Waals surface area contributed by atoms with Crippen molar-refractivity contribution in [1.82, 2.24) is 0 Å². The van der Waals surface area contributed by atoms with Crippen molar-refractivity contribution in [1.29, 1.82) is 0 Å². The minimum atomic E-state index is -0.704. The van der Waals surface area contributed by atoms with Gasteiger partial charge in [0.05, 0.1) is 5.69 Å². The summed E-state index contributed by atoms with van der Waals surface area (Å²) in [6.07, 6.45) is 0. The third-order valence-electron chi connectivity index (χ3n) is 2.73. The molecule has 0 bridgehead atoms. The smallest absolute Gasteiger partial charge is 0.248 e. The van der Waals surface area contributed by atoms with Crippen LogP contribution in [-0.2, 0) is 6.54 Å². The number of amides is 1. The number of rotatable bonds is 4. The number of nitrogens with two attached hydrogens (primary N) is 1. The molecule has 0 heterocycles. The Balaban J connectivity index is 2.20. The van der Waals surface area contributed by atoms with Crippen LogP contribution in [0.3, 0.4) is 0 Å². The number of hydrogen-bond donors (Lipinski definition) is 2. The maximum Gasteiger partial charge on any atom is 0.248 e. The second kappa shape index (κ2) is 5.64. The van der Waals surface area contributed by atoms with Crippen LogP contribution in [0.1, 0.15) is 15.9 Å². The Morgan fingerprint density at radius 2 is 1.75 bits per heavy atom. The van der Waals surface area contributed by atoms with E-state index in [2.05, 4.69) is 5.32 Å². The number of carbonyl (C=O) groups excluding carboxylic acids is 1. The number of nitrogens with one attached hydrogen (secondary N) is 1. The molecule has 0 aliphatic rings. The summed E-state index contributed by atoms with van der Waals surface area (Å²) in [5.41, 5.74) is 5.24. The van der Waals surface area contributed by atoms with E-state index in [4.69, 9.17) is 5.73 Å². The normalized spacial score (nSPS) is 10.3. The largest absolute Gasteiger partial charge is 0.378 e. The fourth-order valence-corrected chi connectivity index (χ4v) is 1.68. The fraction of sp³-hybridized carbons (Fsp3) is 0.0714. The summed E-state index contributed by atoms with van der Waals surface area (Å²) < 4.78 is 39.9. The van der Waals surface area contributed by atoms with Crippen LogP contribution in [0, 0.1) is 17.5 Å². The fourth-order valence-electron chi connectivity index (χ4n) is 1.68. The lowest BCUT2D eigenvalue weighted by Gasteiger charge is -2.09. The molecule has 2 aromatic rings. The van der Waals surface area contributed by atoms with E-state index in [1.54, 1.807) is 0 Å². The Kier molecular flexibility index (Phi) is 3.93. The standard InChI is InChI=1S/C14H11F3N2O/c15-10-2-4-11(16)9(5-10)7-19-13-6-8(14(18)20)1-3-12(13)17/h1-6,19H,7H2,(H2,18,20).